The van der Waals surface area contributed by atoms with Gasteiger partial charge in [0.1, 0.15) is 12.1 Å². The molecule has 2 heterocycles. The average Bonchev–Trinajstić information content (AvgIpc) is 3.28. The van der Waals surface area contributed by atoms with E-state index in [9.17, 15) is 9.18 Å². The Hall–Kier alpha value is -2.73. The number of nitrogens with one attached hydrogen (secondary N) is 1. The van der Waals surface area contributed by atoms with E-state index in [2.05, 4.69) is 15.0 Å². The zero-order chi connectivity index (χ0) is 17.2. The van der Waals surface area contributed by atoms with Crippen LogP contribution in [0.2, 0.25) is 0 Å². The third kappa shape index (κ3) is 3.25. The molecule has 1 N–H and O–H groups in total. The van der Waals surface area contributed by atoms with Crippen molar-refractivity contribution in [2.45, 2.75) is 19.4 Å². The summed E-state index contributed by atoms with van der Waals surface area (Å²) >= 11 is 0. The first-order valence-electron chi connectivity index (χ1n) is 8.45. The maximum Gasteiger partial charge on any atom is 0.347 e. The van der Waals surface area contributed by atoms with Crippen molar-refractivity contribution in [3.63, 3.8) is 0 Å². The van der Waals surface area contributed by atoms with Gasteiger partial charge in [-0.15, -0.1) is 0 Å². The number of hydrogen-bond acceptors (Lipinski definition) is 3. The Morgan fingerprint density at radius 2 is 1.96 bits per heavy atom. The lowest BCUT2D eigenvalue weighted by atomic mass is 10.0. The van der Waals surface area contributed by atoms with Crippen LogP contribution in [0.5, 0.6) is 0 Å². The first-order valence-corrected chi connectivity index (χ1v) is 8.45. The molecule has 0 aliphatic carbocycles. The number of rotatable bonds is 4. The van der Waals surface area contributed by atoms with E-state index in [1.165, 1.54) is 29.9 Å². The highest BCUT2D eigenvalue weighted by atomic mass is 19.1. The molecule has 0 bridgehead atoms. The molecule has 0 saturated carbocycles. The topological polar surface area (TPSA) is 53.9 Å². The molecule has 2 aromatic carbocycles. The number of likely N-dealkylation sites (tertiary alicyclic amines) is 1. The van der Waals surface area contributed by atoms with E-state index in [4.69, 9.17) is 0 Å². The third-order valence-electron chi connectivity index (χ3n) is 4.59. The number of aromatic amines is 1. The minimum atomic E-state index is -0.319. The SMILES string of the molecule is O=c1[nH]cnn1-c1cccc(-c2cc(CN3CCCC3)ccc2F)c1. The molecular formula is C19H19FN4O. The molecule has 1 fully saturated rings. The van der Waals surface area contributed by atoms with Crippen LogP contribution in [0.1, 0.15) is 18.4 Å². The summed E-state index contributed by atoms with van der Waals surface area (Å²) in [5.74, 6) is -0.267. The highest BCUT2D eigenvalue weighted by molar-refractivity contribution is 5.67. The standard InChI is InChI=1S/C19H19FN4O/c20-18-7-6-14(12-23-8-1-2-9-23)10-17(18)15-4-3-5-16(11-15)24-19(25)21-13-22-24/h3-7,10-11,13H,1-2,8-9,12H2,(H,21,22,25). The van der Waals surface area contributed by atoms with Gasteiger partial charge in [-0.2, -0.15) is 9.78 Å². The minimum absolute atomic E-state index is 0.267. The van der Waals surface area contributed by atoms with Gasteiger partial charge in [0.15, 0.2) is 0 Å². The second kappa shape index (κ2) is 6.64. The monoisotopic (exact) mass is 338 g/mol. The van der Waals surface area contributed by atoms with Crippen LogP contribution in [0.4, 0.5) is 4.39 Å². The molecule has 6 heteroatoms. The highest BCUT2D eigenvalue weighted by Gasteiger charge is 2.14. The number of aromatic nitrogens is 3. The lowest BCUT2D eigenvalue weighted by Gasteiger charge is -2.15. The predicted octanol–water partition coefficient (Wildman–Crippen LogP) is 2.96. The quantitative estimate of drug-likeness (QED) is 0.796. The van der Waals surface area contributed by atoms with Gasteiger partial charge in [0.2, 0.25) is 0 Å². The Morgan fingerprint density at radius 1 is 1.12 bits per heavy atom. The molecule has 0 unspecified atom stereocenters. The molecule has 0 amide bonds. The number of benzene rings is 2. The second-order valence-electron chi connectivity index (χ2n) is 6.35. The molecule has 3 aromatic rings. The number of hydrogen-bond donors (Lipinski definition) is 1. The van der Waals surface area contributed by atoms with Gasteiger partial charge in [-0.25, -0.2) is 9.18 Å². The molecule has 0 radical (unpaired) electrons. The summed E-state index contributed by atoms with van der Waals surface area (Å²) in [6.45, 7) is 3.04. The Labute approximate surface area is 144 Å². The number of H-pyrrole nitrogens is 1. The zero-order valence-corrected chi connectivity index (χ0v) is 13.8. The smallest absolute Gasteiger partial charge is 0.299 e. The fraction of sp³-hybridized carbons (Fsp3) is 0.263. The van der Waals surface area contributed by atoms with Gasteiger partial charge in [-0.1, -0.05) is 18.2 Å². The Morgan fingerprint density at radius 3 is 2.72 bits per heavy atom. The van der Waals surface area contributed by atoms with Crippen molar-refractivity contribution in [3.05, 3.63) is 70.7 Å². The normalized spacial score (nSPS) is 14.9. The van der Waals surface area contributed by atoms with E-state index < -0.39 is 0 Å². The maximum atomic E-state index is 14.4. The van der Waals surface area contributed by atoms with Crippen LogP contribution in [0.3, 0.4) is 0 Å². The van der Waals surface area contributed by atoms with E-state index in [1.54, 1.807) is 18.2 Å². The van der Waals surface area contributed by atoms with Gasteiger partial charge < -0.3 is 0 Å². The Bertz CT molecular complexity index is 940. The fourth-order valence-electron chi connectivity index (χ4n) is 3.34. The average molecular weight is 338 g/mol. The summed E-state index contributed by atoms with van der Waals surface area (Å²) < 4.78 is 15.7. The zero-order valence-electron chi connectivity index (χ0n) is 13.8. The van der Waals surface area contributed by atoms with Crippen LogP contribution in [0, 0.1) is 5.82 Å². The number of nitrogens with zero attached hydrogens (tertiary/aromatic N) is 3. The van der Waals surface area contributed by atoms with Crippen molar-refractivity contribution < 1.29 is 4.39 Å². The predicted molar refractivity (Wildman–Crippen MR) is 94.1 cm³/mol. The molecule has 5 nitrogen and oxygen atoms in total. The van der Waals surface area contributed by atoms with Gasteiger partial charge in [0.05, 0.1) is 5.69 Å². The van der Waals surface area contributed by atoms with Crippen LogP contribution in [0.25, 0.3) is 16.8 Å². The molecule has 128 valence electrons. The molecule has 0 spiro atoms. The van der Waals surface area contributed by atoms with E-state index in [-0.39, 0.29) is 11.5 Å². The van der Waals surface area contributed by atoms with Gasteiger partial charge in [-0.05, 0) is 61.3 Å². The molecule has 1 aliphatic heterocycles. The Kier molecular flexibility index (Phi) is 4.19. The summed E-state index contributed by atoms with van der Waals surface area (Å²) in [6.07, 6.45) is 3.80. The van der Waals surface area contributed by atoms with Crippen LogP contribution < -0.4 is 5.69 Å². The lowest BCUT2D eigenvalue weighted by Crippen LogP contribution is -2.18. The van der Waals surface area contributed by atoms with Crippen LogP contribution in [-0.4, -0.2) is 32.8 Å². The fourth-order valence-corrected chi connectivity index (χ4v) is 3.34. The van der Waals surface area contributed by atoms with Crippen molar-refractivity contribution >= 4 is 0 Å². The van der Waals surface area contributed by atoms with E-state index in [1.807, 2.05) is 18.2 Å². The first-order chi connectivity index (χ1) is 12.2. The van der Waals surface area contributed by atoms with Crippen LogP contribution in [0.15, 0.2) is 53.6 Å². The van der Waals surface area contributed by atoms with Gasteiger partial charge in [0, 0.05) is 12.1 Å². The number of halogens is 1. The van der Waals surface area contributed by atoms with E-state index >= 15 is 0 Å². The second-order valence-corrected chi connectivity index (χ2v) is 6.35. The summed E-state index contributed by atoms with van der Waals surface area (Å²) in [6, 6.07) is 12.5. The van der Waals surface area contributed by atoms with Crippen molar-refractivity contribution in [1.82, 2.24) is 19.7 Å². The van der Waals surface area contributed by atoms with Crippen molar-refractivity contribution in [2.24, 2.45) is 0 Å². The van der Waals surface area contributed by atoms with Gasteiger partial charge in [0.25, 0.3) is 0 Å². The largest absolute Gasteiger partial charge is 0.347 e. The molecule has 4 rings (SSSR count). The lowest BCUT2D eigenvalue weighted by molar-refractivity contribution is 0.331. The van der Waals surface area contributed by atoms with Gasteiger partial charge >= 0.3 is 5.69 Å². The third-order valence-corrected chi connectivity index (χ3v) is 4.59. The first kappa shape index (κ1) is 15.8. The van der Waals surface area contributed by atoms with Crippen LogP contribution in [-0.2, 0) is 6.54 Å². The Balaban J connectivity index is 1.69. The highest BCUT2D eigenvalue weighted by Crippen LogP contribution is 2.26. The minimum Gasteiger partial charge on any atom is -0.299 e. The summed E-state index contributed by atoms with van der Waals surface area (Å²) in [5, 5.41) is 3.98. The molecular weight excluding hydrogens is 319 g/mol. The maximum absolute atomic E-state index is 14.4. The van der Waals surface area contributed by atoms with Gasteiger partial charge in [-0.3, -0.25) is 9.88 Å². The molecule has 1 aromatic heterocycles. The van der Waals surface area contributed by atoms with E-state index in [0.29, 0.717) is 11.3 Å². The van der Waals surface area contributed by atoms with Crippen molar-refractivity contribution in [1.29, 1.82) is 0 Å². The van der Waals surface area contributed by atoms with Crippen molar-refractivity contribution in [2.75, 3.05) is 13.1 Å². The molecule has 1 aliphatic rings. The summed E-state index contributed by atoms with van der Waals surface area (Å²) in [7, 11) is 0. The molecule has 1 saturated heterocycles. The summed E-state index contributed by atoms with van der Waals surface area (Å²) in [4.78, 5) is 16.6. The molecule has 25 heavy (non-hydrogen) atoms. The van der Waals surface area contributed by atoms with Crippen molar-refractivity contribution in [3.8, 4) is 16.8 Å². The summed E-state index contributed by atoms with van der Waals surface area (Å²) in [5.41, 5.74) is 2.66. The van der Waals surface area contributed by atoms with E-state index in [0.717, 1.165) is 30.8 Å². The van der Waals surface area contributed by atoms with Crippen LogP contribution >= 0.6 is 0 Å². The molecule has 0 atom stereocenters.